The van der Waals surface area contributed by atoms with Crippen molar-refractivity contribution in [1.29, 1.82) is 5.41 Å². The second-order valence-electron chi connectivity index (χ2n) is 7.33. The van der Waals surface area contributed by atoms with E-state index in [1.165, 1.54) is 5.56 Å². The van der Waals surface area contributed by atoms with Gasteiger partial charge in [0.2, 0.25) is 0 Å². The van der Waals surface area contributed by atoms with Gasteiger partial charge >= 0.3 is 0 Å². The molecule has 1 atom stereocenters. The van der Waals surface area contributed by atoms with Gasteiger partial charge in [0, 0.05) is 30.3 Å². The van der Waals surface area contributed by atoms with Crippen LogP contribution >= 0.6 is 0 Å². The van der Waals surface area contributed by atoms with E-state index in [0.717, 1.165) is 49.3 Å². The van der Waals surface area contributed by atoms with Crippen LogP contribution in [0.25, 0.3) is 0 Å². The van der Waals surface area contributed by atoms with E-state index in [1.54, 1.807) is 0 Å². The lowest BCUT2D eigenvalue weighted by Gasteiger charge is -2.30. The van der Waals surface area contributed by atoms with Crippen molar-refractivity contribution in [3.8, 4) is 0 Å². The van der Waals surface area contributed by atoms with Gasteiger partial charge < -0.3 is 16.2 Å². The van der Waals surface area contributed by atoms with Crippen LogP contribution in [0.15, 0.2) is 35.5 Å². The third kappa shape index (κ3) is 3.87. The lowest BCUT2D eigenvalue weighted by molar-refractivity contribution is -0.124. The predicted molar refractivity (Wildman–Crippen MR) is 104 cm³/mol. The zero-order chi connectivity index (χ0) is 17.9. The molecule has 1 unspecified atom stereocenters. The summed E-state index contributed by atoms with van der Waals surface area (Å²) in [7, 11) is 0. The molecule has 1 fully saturated rings. The summed E-state index contributed by atoms with van der Waals surface area (Å²) in [5, 5.41) is 22.2. The highest BCUT2D eigenvalue weighted by molar-refractivity contribution is 6.11. The van der Waals surface area contributed by atoms with E-state index in [1.807, 2.05) is 24.4 Å². The fourth-order valence-electron chi connectivity index (χ4n) is 3.50. The first kappa shape index (κ1) is 17.5. The maximum Gasteiger partial charge on any atom is 0.178 e. The van der Waals surface area contributed by atoms with Gasteiger partial charge in [0.25, 0.3) is 0 Å². The first-order valence-electron chi connectivity index (χ1n) is 8.97. The molecule has 5 heteroatoms. The number of piperidine rings is 1. The minimum atomic E-state index is 0.0374. The van der Waals surface area contributed by atoms with E-state index in [0.29, 0.717) is 11.6 Å². The minimum absolute atomic E-state index is 0.0374. The Balaban J connectivity index is 1.70. The number of benzene rings is 1. The highest BCUT2D eigenvalue weighted by Crippen LogP contribution is 2.28. The number of nitrogens with one attached hydrogen (secondary N) is 3. The molecule has 0 aliphatic carbocycles. The van der Waals surface area contributed by atoms with E-state index in [9.17, 15) is 0 Å². The molecule has 5 nitrogen and oxygen atoms in total. The first-order chi connectivity index (χ1) is 12.0. The topological polar surface area (TPSA) is 85.9 Å². The normalized spacial score (nSPS) is 22.1. The molecule has 3 rings (SSSR count). The molecule has 0 radical (unpaired) electrons. The van der Waals surface area contributed by atoms with Crippen molar-refractivity contribution in [3.05, 3.63) is 47.0 Å². The number of nitrogens with two attached hydrogens (primary N) is 1. The SMILES string of the molecule is Cc1cc(C2C=NNC2)ccc1C(=N)/C=C\C(=[NH2+])C1(C)CCNCC1. The van der Waals surface area contributed by atoms with Crippen LogP contribution in [0.5, 0.6) is 0 Å². The number of hydrogen-bond acceptors (Lipinski definition) is 4. The lowest BCUT2D eigenvalue weighted by Crippen LogP contribution is -2.52. The summed E-state index contributed by atoms with van der Waals surface area (Å²) < 4.78 is 0. The first-order valence-corrected chi connectivity index (χ1v) is 8.97. The van der Waals surface area contributed by atoms with Gasteiger partial charge in [-0.05, 0) is 57.0 Å². The van der Waals surface area contributed by atoms with Crippen LogP contribution in [0.4, 0.5) is 0 Å². The number of hydrogen-bond donors (Lipinski definition) is 4. The Bertz CT molecular complexity index is 726. The summed E-state index contributed by atoms with van der Waals surface area (Å²) in [6.45, 7) is 7.12. The van der Waals surface area contributed by atoms with E-state index in [2.05, 4.69) is 41.8 Å². The summed E-state index contributed by atoms with van der Waals surface area (Å²) in [5.74, 6) is 0.321. The molecule has 0 aromatic heterocycles. The van der Waals surface area contributed by atoms with Gasteiger partial charge in [-0.25, -0.2) is 0 Å². The Morgan fingerprint density at radius 2 is 2.08 bits per heavy atom. The average molecular weight is 338 g/mol. The number of hydrazone groups is 1. The van der Waals surface area contributed by atoms with E-state index in [-0.39, 0.29) is 5.41 Å². The summed E-state index contributed by atoms with van der Waals surface area (Å²) in [4.78, 5) is 0. The van der Waals surface area contributed by atoms with E-state index in [4.69, 9.17) is 10.8 Å². The molecule has 0 bridgehead atoms. The fraction of sp³-hybridized carbons (Fsp3) is 0.450. The summed E-state index contributed by atoms with van der Waals surface area (Å²) in [6.07, 6.45) is 7.79. The second kappa shape index (κ2) is 7.31. The number of rotatable bonds is 5. The molecule has 2 heterocycles. The molecule has 1 aromatic carbocycles. The van der Waals surface area contributed by atoms with Gasteiger partial charge in [0.1, 0.15) is 0 Å². The second-order valence-corrected chi connectivity index (χ2v) is 7.33. The molecule has 0 saturated carbocycles. The van der Waals surface area contributed by atoms with Crippen molar-refractivity contribution in [2.24, 2.45) is 10.5 Å². The van der Waals surface area contributed by atoms with Gasteiger partial charge in [-0.3, -0.25) is 5.41 Å². The summed E-state index contributed by atoms with van der Waals surface area (Å²) in [5.41, 5.74) is 7.70. The van der Waals surface area contributed by atoms with Gasteiger partial charge in [-0.2, -0.15) is 5.10 Å². The third-order valence-electron chi connectivity index (χ3n) is 5.46. The largest absolute Gasteiger partial charge is 0.317 e. The quantitative estimate of drug-likeness (QED) is 0.608. The highest BCUT2D eigenvalue weighted by atomic mass is 15.3. The van der Waals surface area contributed by atoms with Crippen molar-refractivity contribution < 1.29 is 5.41 Å². The van der Waals surface area contributed by atoms with Crippen LogP contribution in [-0.2, 0) is 0 Å². The van der Waals surface area contributed by atoms with Crippen molar-refractivity contribution in [2.45, 2.75) is 32.6 Å². The molecule has 5 N–H and O–H groups in total. The van der Waals surface area contributed by atoms with Crippen LogP contribution in [0.3, 0.4) is 0 Å². The molecule has 132 valence electrons. The molecular formula is C20H28N5+. The Morgan fingerprint density at radius 1 is 1.32 bits per heavy atom. The van der Waals surface area contributed by atoms with Crippen LogP contribution < -0.4 is 16.2 Å². The predicted octanol–water partition coefficient (Wildman–Crippen LogP) is 1.18. The number of aryl methyl sites for hydroxylation is 1. The van der Waals surface area contributed by atoms with Crippen LogP contribution in [-0.4, -0.2) is 37.3 Å². The van der Waals surface area contributed by atoms with E-state index < -0.39 is 0 Å². The Labute approximate surface area is 149 Å². The van der Waals surface area contributed by atoms with Crippen LogP contribution in [0, 0.1) is 17.7 Å². The molecule has 2 aliphatic heterocycles. The average Bonchev–Trinajstić information content (AvgIpc) is 3.14. The lowest BCUT2D eigenvalue weighted by atomic mass is 9.76. The maximum atomic E-state index is 8.41. The monoisotopic (exact) mass is 338 g/mol. The van der Waals surface area contributed by atoms with Crippen molar-refractivity contribution >= 4 is 17.6 Å². The van der Waals surface area contributed by atoms with Gasteiger partial charge in [0.15, 0.2) is 5.71 Å². The molecule has 1 aromatic rings. The molecule has 0 amide bonds. The molecule has 0 spiro atoms. The van der Waals surface area contributed by atoms with Gasteiger partial charge in [-0.1, -0.05) is 18.2 Å². The van der Waals surface area contributed by atoms with Gasteiger partial charge in [0.05, 0.1) is 11.1 Å². The van der Waals surface area contributed by atoms with Gasteiger partial charge in [-0.15, -0.1) is 0 Å². The van der Waals surface area contributed by atoms with Crippen molar-refractivity contribution in [3.63, 3.8) is 0 Å². The van der Waals surface area contributed by atoms with Crippen LogP contribution in [0.1, 0.15) is 42.4 Å². The fourth-order valence-corrected chi connectivity index (χ4v) is 3.50. The summed E-state index contributed by atoms with van der Waals surface area (Å²) in [6, 6.07) is 6.28. The third-order valence-corrected chi connectivity index (χ3v) is 5.46. The smallest absolute Gasteiger partial charge is 0.178 e. The zero-order valence-electron chi connectivity index (χ0n) is 15.1. The van der Waals surface area contributed by atoms with E-state index >= 15 is 0 Å². The Kier molecular flexibility index (Phi) is 5.13. The minimum Gasteiger partial charge on any atom is -0.317 e. The standard InChI is InChI=1S/C20H27N5/c1-14-11-15(16-12-24-25-13-16)3-4-17(14)18(21)5-6-19(22)20(2)7-9-23-10-8-20/h3-6,11-12,16,21-23,25H,7-10,13H2,1-2H3/p+1/b6-5-,21-18?,22-19?. The summed E-state index contributed by atoms with van der Waals surface area (Å²) >= 11 is 0. The number of nitrogens with zero attached hydrogens (tertiary/aromatic N) is 1. The zero-order valence-corrected chi connectivity index (χ0v) is 15.1. The Hall–Kier alpha value is -2.27. The maximum absolute atomic E-state index is 8.41. The highest BCUT2D eigenvalue weighted by Gasteiger charge is 2.33. The molecule has 2 aliphatic rings. The Morgan fingerprint density at radius 3 is 2.72 bits per heavy atom. The van der Waals surface area contributed by atoms with Crippen molar-refractivity contribution in [1.82, 2.24) is 10.7 Å². The molecule has 25 heavy (non-hydrogen) atoms. The van der Waals surface area contributed by atoms with Crippen molar-refractivity contribution in [2.75, 3.05) is 19.6 Å². The molecule has 1 saturated heterocycles. The van der Waals surface area contributed by atoms with Crippen LogP contribution in [0.2, 0.25) is 0 Å². The molecular weight excluding hydrogens is 310 g/mol. The number of allylic oxidation sites excluding steroid dienone is 2.